The Hall–Kier alpha value is -2.89. The van der Waals surface area contributed by atoms with E-state index in [1.807, 2.05) is 60.7 Å². The second-order valence-electron chi connectivity index (χ2n) is 7.17. The van der Waals surface area contributed by atoms with Gasteiger partial charge in [-0.05, 0) is 31.7 Å². The van der Waals surface area contributed by atoms with Crippen molar-refractivity contribution in [3.8, 4) is 11.3 Å². The Bertz CT molecular complexity index is 898. The molecule has 1 fully saturated rings. The molecule has 3 aromatic rings. The third-order valence-electron chi connectivity index (χ3n) is 5.39. The van der Waals surface area contributed by atoms with Gasteiger partial charge in [-0.25, -0.2) is 4.98 Å². The van der Waals surface area contributed by atoms with E-state index in [0.717, 1.165) is 49.3 Å². The van der Waals surface area contributed by atoms with Crippen LogP contribution in [-0.2, 0) is 13.5 Å². The number of benzene rings is 1. The number of nitrogens with one attached hydrogen (secondary N) is 1. The van der Waals surface area contributed by atoms with Gasteiger partial charge in [0.15, 0.2) is 0 Å². The smallest absolute Gasteiger partial charge is 0.272 e. The number of amides is 1. The van der Waals surface area contributed by atoms with Gasteiger partial charge in [-0.1, -0.05) is 30.3 Å². The van der Waals surface area contributed by atoms with Crippen LogP contribution < -0.4 is 0 Å². The molecular weight excluding hydrogens is 338 g/mol. The summed E-state index contributed by atoms with van der Waals surface area (Å²) < 4.78 is 2.05. The lowest BCUT2D eigenvalue weighted by molar-refractivity contribution is 0.0595. The molecule has 1 aromatic carbocycles. The van der Waals surface area contributed by atoms with Crippen LogP contribution in [0.4, 0.5) is 0 Å². The first kappa shape index (κ1) is 17.5. The third-order valence-corrected chi connectivity index (χ3v) is 5.39. The van der Waals surface area contributed by atoms with Crippen molar-refractivity contribution in [2.24, 2.45) is 7.05 Å². The molecule has 4 rings (SSSR count). The van der Waals surface area contributed by atoms with E-state index in [1.54, 1.807) is 0 Å². The van der Waals surface area contributed by atoms with E-state index in [2.05, 4.69) is 19.7 Å². The number of hydrogen-bond donors (Lipinski definition) is 1. The van der Waals surface area contributed by atoms with Crippen LogP contribution in [0.3, 0.4) is 0 Å². The SMILES string of the molecule is Cn1ccnc1CC[C@H]1CCCCN1C(=O)c1cc(-c2ccccc2)n[nH]1. The quantitative estimate of drug-likeness (QED) is 0.755. The molecule has 2 aromatic heterocycles. The molecule has 1 aliphatic rings. The van der Waals surface area contributed by atoms with Crippen molar-refractivity contribution in [1.29, 1.82) is 0 Å². The van der Waals surface area contributed by atoms with Gasteiger partial charge in [0.05, 0.1) is 5.69 Å². The molecule has 1 aliphatic heterocycles. The lowest BCUT2D eigenvalue weighted by Crippen LogP contribution is -2.44. The average Bonchev–Trinajstić information content (AvgIpc) is 3.36. The summed E-state index contributed by atoms with van der Waals surface area (Å²) in [6.07, 6.45) is 8.91. The van der Waals surface area contributed by atoms with E-state index in [0.29, 0.717) is 5.69 Å². The minimum Gasteiger partial charge on any atom is -0.338 e. The van der Waals surface area contributed by atoms with Crippen molar-refractivity contribution < 1.29 is 4.79 Å². The number of carbonyl (C=O) groups is 1. The number of rotatable bonds is 5. The number of H-pyrrole nitrogens is 1. The Morgan fingerprint density at radius 3 is 2.89 bits per heavy atom. The molecule has 6 heteroatoms. The van der Waals surface area contributed by atoms with Gasteiger partial charge in [-0.15, -0.1) is 0 Å². The average molecular weight is 363 g/mol. The minimum absolute atomic E-state index is 0.0502. The van der Waals surface area contributed by atoms with Gasteiger partial charge >= 0.3 is 0 Å². The maximum Gasteiger partial charge on any atom is 0.272 e. The highest BCUT2D eigenvalue weighted by atomic mass is 16.2. The van der Waals surface area contributed by atoms with Gasteiger partial charge < -0.3 is 9.47 Å². The Morgan fingerprint density at radius 2 is 2.11 bits per heavy atom. The largest absolute Gasteiger partial charge is 0.338 e. The van der Waals surface area contributed by atoms with Gasteiger partial charge in [0.2, 0.25) is 0 Å². The summed E-state index contributed by atoms with van der Waals surface area (Å²) in [7, 11) is 2.02. The van der Waals surface area contributed by atoms with E-state index >= 15 is 0 Å². The molecule has 0 radical (unpaired) electrons. The lowest BCUT2D eigenvalue weighted by atomic mass is 9.97. The van der Waals surface area contributed by atoms with E-state index in [-0.39, 0.29) is 11.9 Å². The summed E-state index contributed by atoms with van der Waals surface area (Å²) in [4.78, 5) is 19.5. The van der Waals surface area contributed by atoms with Crippen molar-refractivity contribution >= 4 is 5.91 Å². The standard InChI is InChI=1S/C21H25N5O/c1-25-14-12-22-20(25)11-10-17-9-5-6-13-26(17)21(27)19-15-18(23-24-19)16-7-3-2-4-8-16/h2-4,7-8,12,14-15,17H,5-6,9-11,13H2,1H3,(H,23,24)/t17-/m1/s1. The first-order valence-corrected chi connectivity index (χ1v) is 9.60. The van der Waals surface area contributed by atoms with Gasteiger partial charge in [-0.3, -0.25) is 9.89 Å². The molecule has 0 aliphatic carbocycles. The predicted molar refractivity (Wildman–Crippen MR) is 104 cm³/mol. The monoisotopic (exact) mass is 363 g/mol. The van der Waals surface area contributed by atoms with Crippen molar-refractivity contribution in [3.05, 3.63) is 60.3 Å². The number of aromatic nitrogens is 4. The summed E-state index contributed by atoms with van der Waals surface area (Å²) in [5.41, 5.74) is 2.39. The van der Waals surface area contributed by atoms with Crippen molar-refractivity contribution in [2.45, 2.75) is 38.1 Å². The van der Waals surface area contributed by atoms with Crippen molar-refractivity contribution in [3.63, 3.8) is 0 Å². The highest BCUT2D eigenvalue weighted by Crippen LogP contribution is 2.24. The summed E-state index contributed by atoms with van der Waals surface area (Å²) in [5.74, 6) is 1.12. The summed E-state index contributed by atoms with van der Waals surface area (Å²) >= 11 is 0. The fraction of sp³-hybridized carbons (Fsp3) is 0.381. The zero-order chi connectivity index (χ0) is 18.6. The van der Waals surface area contributed by atoms with E-state index in [4.69, 9.17) is 0 Å². The Balaban J connectivity index is 1.47. The van der Waals surface area contributed by atoms with E-state index in [1.165, 1.54) is 6.42 Å². The number of carbonyl (C=O) groups excluding carboxylic acids is 1. The lowest BCUT2D eigenvalue weighted by Gasteiger charge is -2.35. The normalized spacial score (nSPS) is 17.2. The highest BCUT2D eigenvalue weighted by Gasteiger charge is 2.28. The number of aromatic amines is 1. The van der Waals surface area contributed by atoms with Crippen LogP contribution >= 0.6 is 0 Å². The zero-order valence-electron chi connectivity index (χ0n) is 15.6. The fourth-order valence-electron chi connectivity index (χ4n) is 3.84. The van der Waals surface area contributed by atoms with Gasteiger partial charge in [0.1, 0.15) is 11.5 Å². The van der Waals surface area contributed by atoms with Crippen LogP contribution in [0.5, 0.6) is 0 Å². The number of aryl methyl sites for hydroxylation is 2. The Labute approximate surface area is 159 Å². The van der Waals surface area contributed by atoms with Crippen LogP contribution in [0.2, 0.25) is 0 Å². The maximum atomic E-state index is 13.1. The van der Waals surface area contributed by atoms with Crippen LogP contribution in [-0.4, -0.2) is 43.1 Å². The number of piperidine rings is 1. The van der Waals surface area contributed by atoms with Crippen molar-refractivity contribution in [2.75, 3.05) is 6.54 Å². The first-order chi connectivity index (χ1) is 13.2. The molecule has 1 amide bonds. The van der Waals surface area contributed by atoms with Gasteiger partial charge in [0, 0.05) is 44.0 Å². The molecule has 0 saturated carbocycles. The minimum atomic E-state index is 0.0502. The molecule has 1 N–H and O–H groups in total. The van der Waals surface area contributed by atoms with Crippen LogP contribution in [0.1, 0.15) is 42.0 Å². The molecule has 140 valence electrons. The van der Waals surface area contributed by atoms with Crippen LogP contribution in [0.25, 0.3) is 11.3 Å². The Kier molecular flexibility index (Phi) is 5.05. The predicted octanol–water partition coefficient (Wildman–Crippen LogP) is 3.44. The molecule has 6 nitrogen and oxygen atoms in total. The maximum absolute atomic E-state index is 13.1. The van der Waals surface area contributed by atoms with Gasteiger partial charge in [-0.2, -0.15) is 5.10 Å². The highest BCUT2D eigenvalue weighted by molar-refractivity contribution is 5.93. The summed E-state index contributed by atoms with van der Waals surface area (Å²) in [6.45, 7) is 0.809. The topological polar surface area (TPSA) is 66.8 Å². The van der Waals surface area contributed by atoms with Crippen molar-refractivity contribution in [1.82, 2.24) is 24.6 Å². The second-order valence-corrected chi connectivity index (χ2v) is 7.17. The number of imidazole rings is 1. The van der Waals surface area contributed by atoms with Crippen LogP contribution in [0.15, 0.2) is 48.8 Å². The van der Waals surface area contributed by atoms with Crippen LogP contribution in [0, 0.1) is 0 Å². The Morgan fingerprint density at radius 1 is 1.26 bits per heavy atom. The summed E-state index contributed by atoms with van der Waals surface area (Å²) in [5, 5.41) is 7.28. The number of nitrogens with zero attached hydrogens (tertiary/aromatic N) is 4. The van der Waals surface area contributed by atoms with E-state index in [9.17, 15) is 4.79 Å². The molecule has 0 unspecified atom stereocenters. The fourth-order valence-corrected chi connectivity index (χ4v) is 3.84. The number of likely N-dealkylation sites (tertiary alicyclic amines) is 1. The molecule has 0 bridgehead atoms. The second kappa shape index (κ2) is 7.78. The zero-order valence-corrected chi connectivity index (χ0v) is 15.6. The van der Waals surface area contributed by atoms with Gasteiger partial charge in [0.25, 0.3) is 5.91 Å². The first-order valence-electron chi connectivity index (χ1n) is 9.60. The molecule has 1 atom stereocenters. The molecule has 0 spiro atoms. The summed E-state index contributed by atoms with van der Waals surface area (Å²) in [6, 6.07) is 12.0. The molecular formula is C21H25N5O. The third kappa shape index (κ3) is 3.79. The van der Waals surface area contributed by atoms with E-state index < -0.39 is 0 Å². The molecule has 1 saturated heterocycles. The number of hydrogen-bond acceptors (Lipinski definition) is 3. The molecule has 3 heterocycles. The molecule has 27 heavy (non-hydrogen) atoms.